The maximum Gasteiger partial charge on any atom is 0.137 e. The van der Waals surface area contributed by atoms with Crippen LogP contribution >= 0.6 is 27.3 Å². The molecule has 2 N–H and O–H groups in total. The molecule has 0 aliphatic carbocycles. The van der Waals surface area contributed by atoms with Gasteiger partial charge in [0.2, 0.25) is 0 Å². The van der Waals surface area contributed by atoms with Crippen molar-refractivity contribution in [3.63, 3.8) is 0 Å². The number of nitrogens with two attached hydrogens (primary N) is 1. The van der Waals surface area contributed by atoms with E-state index in [2.05, 4.69) is 20.9 Å². The number of nitrogens with zero attached hydrogens (tertiary/aromatic N) is 1. The Kier molecular flexibility index (Phi) is 3.91. The first-order valence-corrected chi connectivity index (χ1v) is 6.85. The number of aromatic nitrogens is 1. The summed E-state index contributed by atoms with van der Waals surface area (Å²) in [6.07, 6.45) is 0.655. The molecule has 0 aliphatic rings. The van der Waals surface area contributed by atoms with Crippen molar-refractivity contribution in [3.05, 3.63) is 50.1 Å². The molecule has 0 saturated heterocycles. The van der Waals surface area contributed by atoms with Crippen molar-refractivity contribution in [2.24, 2.45) is 5.73 Å². The number of aryl methyl sites for hydroxylation is 1. The topological polar surface area (TPSA) is 38.9 Å². The van der Waals surface area contributed by atoms with Gasteiger partial charge in [-0.25, -0.2) is 9.37 Å². The highest BCUT2D eigenvalue weighted by Gasteiger charge is 2.11. The molecule has 0 spiro atoms. The minimum Gasteiger partial charge on any atom is -0.322 e. The number of rotatable bonds is 3. The first kappa shape index (κ1) is 12.7. The Bertz CT molecular complexity index is 527. The van der Waals surface area contributed by atoms with Crippen LogP contribution in [0.25, 0.3) is 0 Å². The van der Waals surface area contributed by atoms with Crippen molar-refractivity contribution < 1.29 is 4.39 Å². The van der Waals surface area contributed by atoms with Gasteiger partial charge >= 0.3 is 0 Å². The molecule has 5 heteroatoms. The lowest BCUT2D eigenvalue weighted by atomic mass is 10.0. The van der Waals surface area contributed by atoms with Crippen molar-refractivity contribution in [1.82, 2.24) is 4.98 Å². The van der Waals surface area contributed by atoms with Crippen LogP contribution in [0.3, 0.4) is 0 Å². The van der Waals surface area contributed by atoms with Gasteiger partial charge in [0.1, 0.15) is 5.82 Å². The van der Waals surface area contributed by atoms with E-state index in [9.17, 15) is 4.39 Å². The van der Waals surface area contributed by atoms with E-state index in [0.29, 0.717) is 10.9 Å². The monoisotopic (exact) mass is 314 g/mol. The summed E-state index contributed by atoms with van der Waals surface area (Å²) >= 11 is 4.76. The van der Waals surface area contributed by atoms with Gasteiger partial charge in [-0.3, -0.25) is 0 Å². The third kappa shape index (κ3) is 3.12. The van der Waals surface area contributed by atoms with Gasteiger partial charge < -0.3 is 5.73 Å². The summed E-state index contributed by atoms with van der Waals surface area (Å²) in [5, 5.41) is 2.98. The smallest absolute Gasteiger partial charge is 0.137 e. The van der Waals surface area contributed by atoms with Crippen molar-refractivity contribution in [3.8, 4) is 0 Å². The number of benzene rings is 1. The molecule has 0 fully saturated rings. The zero-order chi connectivity index (χ0) is 12.4. The van der Waals surface area contributed by atoms with Crippen LogP contribution in [0.1, 0.15) is 22.3 Å². The highest BCUT2D eigenvalue weighted by molar-refractivity contribution is 9.10. The number of thiazole rings is 1. The maximum absolute atomic E-state index is 13.1. The van der Waals surface area contributed by atoms with E-state index in [1.807, 2.05) is 12.3 Å². The molecule has 0 amide bonds. The predicted octanol–water partition coefficient (Wildman–Crippen LogP) is 3.60. The number of hydrogen-bond acceptors (Lipinski definition) is 3. The second-order valence-corrected chi connectivity index (χ2v) is 5.77. The van der Waals surface area contributed by atoms with Gasteiger partial charge in [-0.15, -0.1) is 11.3 Å². The summed E-state index contributed by atoms with van der Waals surface area (Å²) < 4.78 is 13.5. The molecule has 1 heterocycles. The lowest BCUT2D eigenvalue weighted by Gasteiger charge is -2.09. The molecule has 2 aromatic rings. The highest BCUT2D eigenvalue weighted by atomic mass is 79.9. The van der Waals surface area contributed by atoms with Crippen LogP contribution in [0.2, 0.25) is 0 Å². The lowest BCUT2D eigenvalue weighted by molar-refractivity contribution is 0.618. The molecule has 0 radical (unpaired) electrons. The molecule has 1 atom stereocenters. The van der Waals surface area contributed by atoms with Gasteiger partial charge in [-0.1, -0.05) is 6.07 Å². The standard InChI is InChI=1S/C12H12BrFN2S/c1-7-16-12(6-17-7)11(15)5-8-2-3-10(14)9(13)4-8/h2-4,6,11H,5,15H2,1H3. The van der Waals surface area contributed by atoms with E-state index in [1.165, 1.54) is 6.07 Å². The molecule has 17 heavy (non-hydrogen) atoms. The third-order valence-electron chi connectivity index (χ3n) is 2.46. The van der Waals surface area contributed by atoms with Gasteiger partial charge in [0.25, 0.3) is 0 Å². The van der Waals surface area contributed by atoms with Gasteiger partial charge in [0.05, 0.1) is 21.2 Å². The molecule has 1 aromatic carbocycles. The molecule has 0 bridgehead atoms. The fourth-order valence-electron chi connectivity index (χ4n) is 1.58. The highest BCUT2D eigenvalue weighted by Crippen LogP contribution is 2.22. The van der Waals surface area contributed by atoms with Crippen molar-refractivity contribution in [2.75, 3.05) is 0 Å². The maximum atomic E-state index is 13.1. The molecule has 1 aromatic heterocycles. The Morgan fingerprint density at radius 3 is 2.88 bits per heavy atom. The summed E-state index contributed by atoms with van der Waals surface area (Å²) in [6, 6.07) is 4.81. The van der Waals surface area contributed by atoms with Crippen LogP contribution in [0.4, 0.5) is 4.39 Å². The minimum absolute atomic E-state index is 0.141. The first-order valence-electron chi connectivity index (χ1n) is 5.18. The zero-order valence-corrected chi connectivity index (χ0v) is 11.7. The summed E-state index contributed by atoms with van der Waals surface area (Å²) in [5.41, 5.74) is 7.96. The Labute approximate surface area is 112 Å². The van der Waals surface area contributed by atoms with E-state index in [4.69, 9.17) is 5.73 Å². The normalized spacial score (nSPS) is 12.7. The molecule has 2 nitrogen and oxygen atoms in total. The molecule has 2 rings (SSSR count). The molecule has 0 aliphatic heterocycles. The third-order valence-corrected chi connectivity index (χ3v) is 3.86. The fraction of sp³-hybridized carbons (Fsp3) is 0.250. The Morgan fingerprint density at radius 2 is 2.29 bits per heavy atom. The fourth-order valence-corrected chi connectivity index (χ4v) is 2.68. The molecular formula is C12H12BrFN2S. The minimum atomic E-state index is -0.258. The molecule has 90 valence electrons. The summed E-state index contributed by atoms with van der Waals surface area (Å²) in [5.74, 6) is -0.258. The average molecular weight is 315 g/mol. The van der Waals surface area contributed by atoms with Gasteiger partial charge in [0.15, 0.2) is 0 Å². The van der Waals surface area contributed by atoms with Crippen LogP contribution in [-0.2, 0) is 6.42 Å². The molecular weight excluding hydrogens is 303 g/mol. The van der Waals surface area contributed by atoms with Gasteiger partial charge in [-0.2, -0.15) is 0 Å². The van der Waals surface area contributed by atoms with Crippen LogP contribution < -0.4 is 5.73 Å². The van der Waals surface area contributed by atoms with E-state index in [-0.39, 0.29) is 11.9 Å². The summed E-state index contributed by atoms with van der Waals surface area (Å²) in [7, 11) is 0. The van der Waals surface area contributed by atoms with Crippen LogP contribution in [-0.4, -0.2) is 4.98 Å². The van der Waals surface area contributed by atoms with Crippen LogP contribution in [0.5, 0.6) is 0 Å². The van der Waals surface area contributed by atoms with Crippen molar-refractivity contribution in [2.45, 2.75) is 19.4 Å². The van der Waals surface area contributed by atoms with Gasteiger partial charge in [0, 0.05) is 5.38 Å². The predicted molar refractivity (Wildman–Crippen MR) is 71.6 cm³/mol. The number of halogens is 2. The lowest BCUT2D eigenvalue weighted by Crippen LogP contribution is -2.13. The quantitative estimate of drug-likeness (QED) is 0.940. The zero-order valence-electron chi connectivity index (χ0n) is 9.28. The molecule has 1 unspecified atom stereocenters. The van der Waals surface area contributed by atoms with Crippen LogP contribution in [0.15, 0.2) is 28.1 Å². The average Bonchev–Trinajstić information content (AvgIpc) is 2.70. The summed E-state index contributed by atoms with van der Waals surface area (Å²) in [4.78, 5) is 4.35. The van der Waals surface area contributed by atoms with E-state index in [1.54, 1.807) is 23.5 Å². The Hall–Kier alpha value is -0.780. The van der Waals surface area contributed by atoms with Crippen molar-refractivity contribution >= 4 is 27.3 Å². The van der Waals surface area contributed by atoms with E-state index >= 15 is 0 Å². The van der Waals surface area contributed by atoms with Gasteiger partial charge in [-0.05, 0) is 47.0 Å². The SMILES string of the molecule is Cc1nc(C(N)Cc2ccc(F)c(Br)c2)cs1. The largest absolute Gasteiger partial charge is 0.322 e. The van der Waals surface area contributed by atoms with E-state index in [0.717, 1.165) is 16.3 Å². The van der Waals surface area contributed by atoms with Crippen LogP contribution in [0, 0.1) is 12.7 Å². The Morgan fingerprint density at radius 1 is 1.53 bits per heavy atom. The second-order valence-electron chi connectivity index (χ2n) is 3.85. The van der Waals surface area contributed by atoms with Crippen molar-refractivity contribution in [1.29, 1.82) is 0 Å². The summed E-state index contributed by atoms with van der Waals surface area (Å²) in [6.45, 7) is 1.95. The molecule has 0 saturated carbocycles. The second kappa shape index (κ2) is 5.25. The number of hydrogen-bond donors (Lipinski definition) is 1. The van der Waals surface area contributed by atoms with E-state index < -0.39 is 0 Å². The Balaban J connectivity index is 2.12. The first-order chi connectivity index (χ1) is 8.06.